The Hall–Kier alpha value is -1.59. The van der Waals surface area contributed by atoms with Crippen LogP contribution in [0.1, 0.15) is 50.0 Å². The van der Waals surface area contributed by atoms with Crippen LogP contribution in [-0.2, 0) is 4.79 Å². The Morgan fingerprint density at radius 1 is 1.15 bits per heavy atom. The molecule has 1 aromatic rings. The normalized spacial score (nSPS) is 29.5. The lowest BCUT2D eigenvalue weighted by atomic mass is 9.82. The first kappa shape index (κ1) is 17.8. The van der Waals surface area contributed by atoms with E-state index in [1.807, 2.05) is 12.1 Å². The van der Waals surface area contributed by atoms with E-state index in [4.69, 9.17) is 11.6 Å². The van der Waals surface area contributed by atoms with Crippen molar-refractivity contribution in [1.29, 1.82) is 0 Å². The van der Waals surface area contributed by atoms with Crippen molar-refractivity contribution in [2.45, 2.75) is 56.5 Å². The van der Waals surface area contributed by atoms with E-state index < -0.39 is 0 Å². The number of imide groups is 1. The number of carbonyl (C=O) groups is 2. The van der Waals surface area contributed by atoms with Gasteiger partial charge in [-0.15, -0.1) is 0 Å². The van der Waals surface area contributed by atoms with Gasteiger partial charge in [0.1, 0.15) is 0 Å². The summed E-state index contributed by atoms with van der Waals surface area (Å²) in [5.41, 5.74) is 1.26. The summed E-state index contributed by atoms with van der Waals surface area (Å²) in [6.07, 6.45) is 5.47. The number of nitrogens with zero attached hydrogens (tertiary/aromatic N) is 2. The van der Waals surface area contributed by atoms with Crippen molar-refractivity contribution in [3.05, 3.63) is 34.9 Å². The molecule has 0 bridgehead atoms. The molecule has 140 valence electrons. The molecule has 4 rings (SSSR count). The zero-order valence-electron chi connectivity index (χ0n) is 15.0. The van der Waals surface area contributed by atoms with Gasteiger partial charge >= 0.3 is 6.03 Å². The third-order valence-corrected chi connectivity index (χ3v) is 6.48. The Bertz CT molecular complexity index is 695. The van der Waals surface area contributed by atoms with E-state index in [-0.39, 0.29) is 18.0 Å². The second-order valence-electron chi connectivity index (χ2n) is 7.76. The molecule has 0 radical (unpaired) electrons. The van der Waals surface area contributed by atoms with Crippen molar-refractivity contribution in [3.8, 4) is 0 Å². The highest BCUT2D eigenvalue weighted by atomic mass is 35.5. The van der Waals surface area contributed by atoms with Crippen molar-refractivity contribution < 1.29 is 9.59 Å². The van der Waals surface area contributed by atoms with E-state index in [1.165, 1.54) is 10.5 Å². The monoisotopic (exact) mass is 375 g/mol. The van der Waals surface area contributed by atoms with Crippen molar-refractivity contribution in [2.75, 3.05) is 19.6 Å². The summed E-state index contributed by atoms with van der Waals surface area (Å²) < 4.78 is 0. The first-order chi connectivity index (χ1) is 12.6. The third kappa shape index (κ3) is 3.60. The molecule has 5 nitrogen and oxygen atoms in total. The third-order valence-electron chi connectivity index (χ3n) is 6.13. The molecule has 3 amide bonds. The zero-order chi connectivity index (χ0) is 18.1. The maximum atomic E-state index is 12.3. The van der Waals surface area contributed by atoms with Crippen LogP contribution >= 0.6 is 11.6 Å². The quantitative estimate of drug-likeness (QED) is 0.862. The van der Waals surface area contributed by atoms with Crippen LogP contribution in [0, 0.1) is 0 Å². The number of amides is 3. The van der Waals surface area contributed by atoms with Crippen LogP contribution < -0.4 is 5.32 Å². The summed E-state index contributed by atoms with van der Waals surface area (Å²) in [4.78, 5) is 28.0. The van der Waals surface area contributed by atoms with Crippen molar-refractivity contribution in [2.24, 2.45) is 0 Å². The van der Waals surface area contributed by atoms with Crippen molar-refractivity contribution in [1.82, 2.24) is 15.1 Å². The maximum Gasteiger partial charge on any atom is 0.324 e. The predicted molar refractivity (Wildman–Crippen MR) is 101 cm³/mol. The number of urea groups is 1. The van der Waals surface area contributed by atoms with Gasteiger partial charge in [-0.3, -0.25) is 14.6 Å². The van der Waals surface area contributed by atoms with E-state index in [9.17, 15) is 9.59 Å². The smallest absolute Gasteiger partial charge is 0.324 e. The number of hydrogen-bond donors (Lipinski definition) is 1. The summed E-state index contributed by atoms with van der Waals surface area (Å²) in [5, 5.41) is 3.96. The van der Waals surface area contributed by atoms with Crippen molar-refractivity contribution in [3.63, 3.8) is 0 Å². The summed E-state index contributed by atoms with van der Waals surface area (Å²) in [6.45, 7) is 2.59. The minimum absolute atomic E-state index is 0.0415. The van der Waals surface area contributed by atoms with Crippen LogP contribution in [0.2, 0.25) is 5.02 Å². The number of hydrogen-bond acceptors (Lipinski definition) is 3. The van der Waals surface area contributed by atoms with Gasteiger partial charge in [-0.25, -0.2) is 4.79 Å². The molecule has 26 heavy (non-hydrogen) atoms. The summed E-state index contributed by atoms with van der Waals surface area (Å²) >= 11 is 6.39. The predicted octanol–water partition coefficient (Wildman–Crippen LogP) is 3.38. The Kier molecular flexibility index (Phi) is 5.18. The molecule has 0 spiro atoms. The Morgan fingerprint density at radius 2 is 2.00 bits per heavy atom. The van der Waals surface area contributed by atoms with Crippen LogP contribution in [0.15, 0.2) is 24.3 Å². The largest absolute Gasteiger partial charge is 0.335 e. The van der Waals surface area contributed by atoms with E-state index in [2.05, 4.69) is 22.3 Å². The summed E-state index contributed by atoms with van der Waals surface area (Å²) in [6, 6.07) is 8.66. The molecule has 0 saturated carbocycles. The molecule has 3 heterocycles. The lowest BCUT2D eigenvalue weighted by molar-refractivity contribution is -0.125. The molecule has 3 fully saturated rings. The zero-order valence-corrected chi connectivity index (χ0v) is 15.8. The minimum Gasteiger partial charge on any atom is -0.335 e. The number of nitrogens with one attached hydrogen (secondary N) is 1. The van der Waals surface area contributed by atoms with Gasteiger partial charge in [-0.1, -0.05) is 29.8 Å². The fourth-order valence-electron chi connectivity index (χ4n) is 4.71. The Balaban J connectivity index is 1.33. The van der Waals surface area contributed by atoms with E-state index >= 15 is 0 Å². The average Bonchev–Trinajstić information content (AvgIpc) is 3.08. The van der Waals surface area contributed by atoms with Gasteiger partial charge in [0.15, 0.2) is 0 Å². The molecule has 3 saturated heterocycles. The molecule has 6 heteroatoms. The highest BCUT2D eigenvalue weighted by molar-refractivity contribution is 6.31. The van der Waals surface area contributed by atoms with E-state index in [0.717, 1.165) is 50.2 Å². The Labute approximate surface area is 159 Å². The first-order valence-corrected chi connectivity index (χ1v) is 10.1. The Morgan fingerprint density at radius 3 is 2.77 bits per heavy atom. The number of likely N-dealkylation sites (tertiary alicyclic amines) is 1. The van der Waals surface area contributed by atoms with Crippen LogP contribution in [0.25, 0.3) is 0 Å². The van der Waals surface area contributed by atoms with Gasteiger partial charge in [0, 0.05) is 43.2 Å². The molecule has 3 aliphatic rings. The number of carbonyl (C=O) groups excluding carboxylic acids is 2. The van der Waals surface area contributed by atoms with E-state index in [1.54, 1.807) is 0 Å². The lowest BCUT2D eigenvalue weighted by Crippen LogP contribution is -2.54. The van der Waals surface area contributed by atoms with Gasteiger partial charge in [0.2, 0.25) is 5.91 Å². The number of fused-ring (bicyclic) bond motifs is 1. The van der Waals surface area contributed by atoms with Crippen LogP contribution in [-0.4, -0.2) is 53.5 Å². The van der Waals surface area contributed by atoms with Gasteiger partial charge in [-0.05, 0) is 49.7 Å². The molecule has 1 aromatic carbocycles. The number of benzene rings is 1. The molecule has 0 aliphatic carbocycles. The molecular weight excluding hydrogens is 350 g/mol. The highest BCUT2D eigenvalue weighted by Crippen LogP contribution is 2.36. The highest BCUT2D eigenvalue weighted by Gasteiger charge is 2.36. The molecule has 3 atom stereocenters. The van der Waals surface area contributed by atoms with Crippen molar-refractivity contribution >= 4 is 23.5 Å². The minimum atomic E-state index is -0.198. The number of rotatable bonds is 2. The molecule has 0 aromatic heterocycles. The van der Waals surface area contributed by atoms with Gasteiger partial charge in [0.05, 0.1) is 0 Å². The topological polar surface area (TPSA) is 52.7 Å². The van der Waals surface area contributed by atoms with Gasteiger partial charge in [-0.2, -0.15) is 0 Å². The van der Waals surface area contributed by atoms with Gasteiger partial charge in [0.25, 0.3) is 0 Å². The molecule has 1 N–H and O–H groups in total. The average molecular weight is 376 g/mol. The maximum absolute atomic E-state index is 12.3. The van der Waals surface area contributed by atoms with Crippen LogP contribution in [0.5, 0.6) is 0 Å². The first-order valence-electron chi connectivity index (χ1n) is 9.71. The van der Waals surface area contributed by atoms with Gasteiger partial charge < -0.3 is 5.32 Å². The molecule has 3 aliphatic heterocycles. The van der Waals surface area contributed by atoms with Crippen LogP contribution in [0.3, 0.4) is 0 Å². The lowest BCUT2D eigenvalue weighted by Gasteiger charge is -2.45. The second kappa shape index (κ2) is 7.57. The summed E-state index contributed by atoms with van der Waals surface area (Å²) in [7, 11) is 0. The second-order valence-corrected chi connectivity index (χ2v) is 8.17. The molecular formula is C20H26ClN3O2. The SMILES string of the molecule is O=C1CCCN1C(=O)N[C@H]1CCN2C[C@H](c3ccccc3Cl)CC[C@H]2C1. The standard InChI is InChI=1S/C20H26ClN3O2/c21-18-5-2-1-4-17(18)14-7-8-16-12-15(9-11-23(16)13-14)22-20(26)24-10-3-6-19(24)25/h1-2,4-5,14-16H,3,6-13H2,(H,22,26)/t14-,15+,16+/m1/s1. The fourth-order valence-corrected chi connectivity index (χ4v) is 5.00. The van der Waals surface area contributed by atoms with Crippen LogP contribution in [0.4, 0.5) is 4.79 Å². The number of halogens is 1. The molecule has 0 unspecified atom stereocenters. The van der Waals surface area contributed by atoms with E-state index in [0.29, 0.717) is 24.9 Å². The number of piperidine rings is 2. The summed E-state index contributed by atoms with van der Waals surface area (Å²) in [5.74, 6) is 0.452. The fraction of sp³-hybridized carbons (Fsp3) is 0.600.